The zero-order valence-corrected chi connectivity index (χ0v) is 15.5. The van der Waals surface area contributed by atoms with Crippen LogP contribution in [0, 0.1) is 5.82 Å². The molecule has 0 aliphatic rings. The van der Waals surface area contributed by atoms with Crippen LogP contribution in [0.25, 0.3) is 10.8 Å². The van der Waals surface area contributed by atoms with E-state index < -0.39 is 6.04 Å². The largest absolute Gasteiger partial charge is 0.342 e. The maximum Gasteiger partial charge on any atom is 0.225 e. The summed E-state index contributed by atoms with van der Waals surface area (Å²) in [5, 5.41) is 5.10. The first-order chi connectivity index (χ1) is 13.6. The molecule has 5 heteroatoms. The quantitative estimate of drug-likeness (QED) is 0.571. The van der Waals surface area contributed by atoms with Crippen LogP contribution >= 0.6 is 0 Å². The molecule has 4 aromatic rings. The van der Waals surface area contributed by atoms with Gasteiger partial charge in [0.2, 0.25) is 5.91 Å². The Morgan fingerprint density at radius 2 is 1.82 bits per heavy atom. The molecule has 4 nitrogen and oxygen atoms in total. The monoisotopic (exact) mass is 373 g/mol. The van der Waals surface area contributed by atoms with Crippen molar-refractivity contribution >= 4 is 16.7 Å². The number of aromatic nitrogens is 2. The van der Waals surface area contributed by atoms with E-state index in [2.05, 4.69) is 10.3 Å². The van der Waals surface area contributed by atoms with Crippen molar-refractivity contribution in [1.29, 1.82) is 0 Å². The predicted octanol–water partition coefficient (Wildman–Crippen LogP) is 4.16. The number of halogens is 1. The van der Waals surface area contributed by atoms with E-state index in [9.17, 15) is 9.18 Å². The van der Waals surface area contributed by atoms with Crippen LogP contribution in [0.5, 0.6) is 0 Å². The predicted molar refractivity (Wildman–Crippen MR) is 107 cm³/mol. The number of carbonyl (C=O) groups excluding carboxylic acids is 1. The Balaban J connectivity index is 1.64. The Morgan fingerprint density at radius 3 is 2.61 bits per heavy atom. The van der Waals surface area contributed by atoms with E-state index in [0.29, 0.717) is 11.4 Å². The van der Waals surface area contributed by atoms with Gasteiger partial charge in [-0.05, 0) is 22.4 Å². The molecule has 0 radical (unpaired) electrons. The van der Waals surface area contributed by atoms with Crippen molar-refractivity contribution in [2.45, 2.75) is 12.5 Å². The Hall–Kier alpha value is -3.47. The molecule has 0 aliphatic heterocycles. The van der Waals surface area contributed by atoms with Crippen molar-refractivity contribution in [1.82, 2.24) is 14.9 Å². The van der Waals surface area contributed by atoms with Gasteiger partial charge in [0.05, 0.1) is 6.42 Å². The maximum absolute atomic E-state index is 14.5. The molecule has 0 saturated carbocycles. The normalized spacial score (nSPS) is 12.1. The molecule has 1 N–H and O–H groups in total. The van der Waals surface area contributed by atoms with E-state index in [1.54, 1.807) is 35.2 Å². The Labute approximate surface area is 162 Å². The third kappa shape index (κ3) is 3.51. The summed E-state index contributed by atoms with van der Waals surface area (Å²) in [6.45, 7) is 0. The van der Waals surface area contributed by atoms with Gasteiger partial charge in [-0.15, -0.1) is 0 Å². The molecule has 1 amide bonds. The van der Waals surface area contributed by atoms with Crippen LogP contribution in [-0.2, 0) is 18.3 Å². The molecule has 0 saturated heterocycles. The minimum absolute atomic E-state index is 0.187. The molecule has 4 rings (SSSR count). The van der Waals surface area contributed by atoms with E-state index in [0.717, 1.165) is 16.3 Å². The van der Waals surface area contributed by atoms with Crippen molar-refractivity contribution in [3.8, 4) is 0 Å². The molecule has 3 aromatic carbocycles. The minimum atomic E-state index is -0.663. The number of rotatable bonds is 5. The molecule has 0 bridgehead atoms. The molecule has 1 unspecified atom stereocenters. The Kier molecular flexibility index (Phi) is 4.89. The van der Waals surface area contributed by atoms with E-state index in [4.69, 9.17) is 0 Å². The number of benzene rings is 3. The van der Waals surface area contributed by atoms with E-state index in [-0.39, 0.29) is 18.1 Å². The summed E-state index contributed by atoms with van der Waals surface area (Å²) in [4.78, 5) is 17.2. The fourth-order valence-corrected chi connectivity index (χ4v) is 3.48. The lowest BCUT2D eigenvalue weighted by molar-refractivity contribution is -0.121. The number of imidazole rings is 1. The zero-order valence-electron chi connectivity index (χ0n) is 15.5. The number of fused-ring (bicyclic) bond motifs is 1. The lowest BCUT2D eigenvalue weighted by Gasteiger charge is -2.20. The number of nitrogens with zero attached hydrogens (tertiary/aromatic N) is 2. The summed E-state index contributed by atoms with van der Waals surface area (Å²) in [5.74, 6) is 0.0185. The number of hydrogen-bond donors (Lipinski definition) is 1. The molecule has 28 heavy (non-hydrogen) atoms. The van der Waals surface area contributed by atoms with Crippen LogP contribution in [0.3, 0.4) is 0 Å². The van der Waals surface area contributed by atoms with Crippen LogP contribution in [0.15, 0.2) is 79.1 Å². The van der Waals surface area contributed by atoms with Crippen molar-refractivity contribution in [3.05, 3.63) is 102 Å². The smallest absolute Gasteiger partial charge is 0.225 e. The van der Waals surface area contributed by atoms with Crippen molar-refractivity contribution in [2.24, 2.45) is 7.05 Å². The first-order valence-electron chi connectivity index (χ1n) is 9.11. The number of nitrogens with one attached hydrogen (secondary N) is 1. The Morgan fingerprint density at radius 1 is 1.07 bits per heavy atom. The fraction of sp³-hybridized carbons (Fsp3) is 0.130. The SMILES string of the molecule is Cn1ccnc1C(NC(=O)Cc1cccc2ccccc12)c1ccccc1F. The highest BCUT2D eigenvalue weighted by atomic mass is 19.1. The summed E-state index contributed by atoms with van der Waals surface area (Å²) in [5.41, 5.74) is 1.32. The van der Waals surface area contributed by atoms with Gasteiger partial charge in [-0.2, -0.15) is 0 Å². The number of aryl methyl sites for hydroxylation is 1. The average Bonchev–Trinajstić information content (AvgIpc) is 3.13. The summed E-state index contributed by atoms with van der Waals surface area (Å²) in [7, 11) is 1.83. The fourth-order valence-electron chi connectivity index (χ4n) is 3.48. The average molecular weight is 373 g/mol. The van der Waals surface area contributed by atoms with Crippen LogP contribution in [-0.4, -0.2) is 15.5 Å². The van der Waals surface area contributed by atoms with Crippen molar-refractivity contribution in [2.75, 3.05) is 0 Å². The lowest BCUT2D eigenvalue weighted by atomic mass is 10.0. The standard InChI is InChI=1S/C23H20FN3O/c1-27-14-13-25-23(27)22(19-11-4-5-12-20(19)24)26-21(28)15-17-9-6-8-16-7-2-3-10-18(16)17/h2-14,22H,15H2,1H3,(H,26,28). The van der Waals surface area contributed by atoms with Gasteiger partial charge in [0, 0.05) is 25.0 Å². The molecule has 0 spiro atoms. The number of carbonyl (C=O) groups is 1. The van der Waals surface area contributed by atoms with Crippen LogP contribution < -0.4 is 5.32 Å². The molecule has 1 aromatic heterocycles. The summed E-state index contributed by atoms with van der Waals surface area (Å²) in [6, 6.07) is 19.7. The van der Waals surface area contributed by atoms with E-state index >= 15 is 0 Å². The Bertz CT molecular complexity index is 1130. The third-order valence-electron chi connectivity index (χ3n) is 4.87. The first kappa shape index (κ1) is 17.9. The van der Waals surface area contributed by atoms with Gasteiger partial charge in [-0.25, -0.2) is 9.37 Å². The summed E-state index contributed by atoms with van der Waals surface area (Å²) in [6.07, 6.45) is 3.62. The van der Waals surface area contributed by atoms with Crippen molar-refractivity contribution < 1.29 is 9.18 Å². The molecular formula is C23H20FN3O. The maximum atomic E-state index is 14.5. The van der Waals surface area contributed by atoms with Crippen molar-refractivity contribution in [3.63, 3.8) is 0 Å². The van der Waals surface area contributed by atoms with Gasteiger partial charge in [-0.3, -0.25) is 4.79 Å². The highest BCUT2D eigenvalue weighted by Crippen LogP contribution is 2.24. The van der Waals surface area contributed by atoms with Crippen LogP contribution in [0.1, 0.15) is 23.0 Å². The number of hydrogen-bond acceptors (Lipinski definition) is 2. The van der Waals surface area contributed by atoms with Crippen LogP contribution in [0.4, 0.5) is 4.39 Å². The lowest BCUT2D eigenvalue weighted by Crippen LogP contribution is -2.32. The van der Waals surface area contributed by atoms with E-state index in [1.807, 2.05) is 49.5 Å². The van der Waals surface area contributed by atoms with Gasteiger partial charge < -0.3 is 9.88 Å². The van der Waals surface area contributed by atoms with Crippen LogP contribution in [0.2, 0.25) is 0 Å². The second-order valence-electron chi connectivity index (χ2n) is 6.73. The highest BCUT2D eigenvalue weighted by Gasteiger charge is 2.23. The van der Waals surface area contributed by atoms with E-state index in [1.165, 1.54) is 6.07 Å². The molecular weight excluding hydrogens is 353 g/mol. The zero-order chi connectivity index (χ0) is 19.5. The topological polar surface area (TPSA) is 46.9 Å². The third-order valence-corrected chi connectivity index (χ3v) is 4.87. The molecule has 0 aliphatic carbocycles. The molecule has 140 valence electrons. The van der Waals surface area contributed by atoms with Gasteiger partial charge >= 0.3 is 0 Å². The molecule has 1 atom stereocenters. The van der Waals surface area contributed by atoms with Gasteiger partial charge in [0.15, 0.2) is 0 Å². The first-order valence-corrected chi connectivity index (χ1v) is 9.11. The van der Waals surface area contributed by atoms with Gasteiger partial charge in [0.1, 0.15) is 17.7 Å². The highest BCUT2D eigenvalue weighted by molar-refractivity contribution is 5.90. The minimum Gasteiger partial charge on any atom is -0.342 e. The molecule has 0 fully saturated rings. The number of amides is 1. The summed E-state index contributed by atoms with van der Waals surface area (Å²) >= 11 is 0. The van der Waals surface area contributed by atoms with Gasteiger partial charge in [-0.1, -0.05) is 60.7 Å². The second kappa shape index (κ2) is 7.64. The molecule has 1 heterocycles. The summed E-state index contributed by atoms with van der Waals surface area (Å²) < 4.78 is 16.2. The second-order valence-corrected chi connectivity index (χ2v) is 6.73. The van der Waals surface area contributed by atoms with Gasteiger partial charge in [0.25, 0.3) is 0 Å².